The van der Waals surface area contributed by atoms with E-state index in [1.165, 1.54) is 5.56 Å². The Hall–Kier alpha value is -4.00. The number of quaternary nitrogens is 1. The molecule has 0 saturated heterocycles. The molecule has 4 aliphatic heterocycles. The van der Waals surface area contributed by atoms with Crippen molar-refractivity contribution in [1.29, 1.82) is 0 Å². The lowest BCUT2D eigenvalue weighted by Gasteiger charge is -2.45. The van der Waals surface area contributed by atoms with Gasteiger partial charge < -0.3 is 33.3 Å². The van der Waals surface area contributed by atoms with Gasteiger partial charge in [0.05, 0.1) is 38.5 Å². The molecular weight excluding hydrogens is 735 g/mol. The Morgan fingerprint density at radius 3 is 2.29 bits per heavy atom. The highest BCUT2D eigenvalue weighted by molar-refractivity contribution is 14.1. The topological polar surface area (TPSA) is 86.7 Å². The molecule has 6 bridgehead atoms. The number of rotatable bonds is 5. The number of carboxylic acid groups (broad SMARTS) is 1. The summed E-state index contributed by atoms with van der Waals surface area (Å²) in [4.78, 5) is 14.6. The van der Waals surface area contributed by atoms with E-state index in [1.54, 1.807) is 21.3 Å². The number of hydrogen-bond donors (Lipinski definition) is 1. The third-order valence-electron chi connectivity index (χ3n) is 10.5. The molecular formula is C39H42IN2O7+. The van der Waals surface area contributed by atoms with Crippen LogP contribution in [0.3, 0.4) is 0 Å². The minimum Gasteiger partial charge on any atom is -0.495 e. The quantitative estimate of drug-likeness (QED) is 0.166. The number of likely N-dealkylation sites (N-methyl/N-ethyl adjacent to an activating group) is 2. The minimum atomic E-state index is -0.817. The van der Waals surface area contributed by atoms with Crippen molar-refractivity contribution < 1.29 is 38.1 Å². The highest BCUT2D eigenvalue weighted by atomic mass is 127. The van der Waals surface area contributed by atoms with E-state index in [4.69, 9.17) is 23.7 Å². The van der Waals surface area contributed by atoms with Gasteiger partial charge >= 0.3 is 5.97 Å². The van der Waals surface area contributed by atoms with Crippen molar-refractivity contribution >= 4 is 28.6 Å². The number of methoxy groups -OCH3 is 3. The highest BCUT2D eigenvalue weighted by Crippen LogP contribution is 2.49. The first-order valence-corrected chi connectivity index (χ1v) is 17.7. The van der Waals surface area contributed by atoms with Gasteiger partial charge in [0, 0.05) is 36.6 Å². The average Bonchev–Trinajstić information content (AvgIpc) is 3.08. The molecule has 1 N–H and O–H groups in total. The van der Waals surface area contributed by atoms with Crippen LogP contribution in [0.5, 0.6) is 40.2 Å². The van der Waals surface area contributed by atoms with E-state index in [2.05, 4.69) is 84.1 Å². The standard InChI is InChI=1S/C39H41IN2O7/c1-41-14-12-26-20-35(47-5)38(40)39-37(26)29(41)16-24-8-11-31(45-3)33(18-24)48-27-9-6-23(7-10-27)17-30-28-21-34(49-39)32(46-4)19-25(28)13-15-42(30,2)22-36(43)44/h6-11,18-21,29-30H,12-17,22H2,1-5H3/p+1. The van der Waals surface area contributed by atoms with Crippen LogP contribution in [0, 0.1) is 3.57 Å². The third kappa shape index (κ3) is 6.30. The van der Waals surface area contributed by atoms with Gasteiger partial charge in [-0.15, -0.1) is 0 Å². The summed E-state index contributed by atoms with van der Waals surface area (Å²) in [5, 5.41) is 10.1. The second-order valence-corrected chi connectivity index (χ2v) is 14.6. The molecule has 49 heavy (non-hydrogen) atoms. The van der Waals surface area contributed by atoms with Gasteiger partial charge in [0.2, 0.25) is 0 Å². The average molecular weight is 778 g/mol. The fourth-order valence-electron chi connectivity index (χ4n) is 7.81. The van der Waals surface area contributed by atoms with Gasteiger partial charge in [-0.3, -0.25) is 4.90 Å². The molecule has 4 aromatic carbocycles. The summed E-state index contributed by atoms with van der Waals surface area (Å²) in [6.45, 7) is 1.59. The molecule has 0 radical (unpaired) electrons. The molecule has 0 aromatic heterocycles. The molecule has 256 valence electrons. The number of halogens is 1. The highest BCUT2D eigenvalue weighted by Gasteiger charge is 2.42. The summed E-state index contributed by atoms with van der Waals surface area (Å²) in [6, 6.07) is 20.4. The lowest BCUT2D eigenvalue weighted by Crippen LogP contribution is -2.54. The number of nitrogens with zero attached hydrogens (tertiary/aromatic N) is 2. The first-order valence-electron chi connectivity index (χ1n) is 16.6. The summed E-state index contributed by atoms with van der Waals surface area (Å²) in [5.41, 5.74) is 6.73. The van der Waals surface area contributed by atoms with Crippen LogP contribution in [-0.2, 0) is 30.5 Å². The lowest BCUT2D eigenvalue weighted by atomic mass is 9.86. The summed E-state index contributed by atoms with van der Waals surface area (Å²) >= 11 is 2.34. The van der Waals surface area contributed by atoms with E-state index in [0.29, 0.717) is 46.2 Å². The van der Waals surface area contributed by atoms with Gasteiger partial charge in [-0.1, -0.05) is 18.2 Å². The number of ether oxygens (including phenoxy) is 5. The van der Waals surface area contributed by atoms with E-state index in [0.717, 1.165) is 68.7 Å². The first kappa shape index (κ1) is 33.5. The van der Waals surface area contributed by atoms with E-state index >= 15 is 0 Å². The zero-order valence-electron chi connectivity index (χ0n) is 28.5. The molecule has 3 atom stereocenters. The van der Waals surface area contributed by atoms with Crippen molar-refractivity contribution in [2.24, 2.45) is 0 Å². The Balaban J connectivity index is 1.47. The molecule has 4 heterocycles. The third-order valence-corrected chi connectivity index (χ3v) is 11.5. The summed E-state index contributed by atoms with van der Waals surface area (Å²) in [6.07, 6.45) is 2.95. The van der Waals surface area contributed by atoms with E-state index < -0.39 is 5.97 Å². The maximum absolute atomic E-state index is 12.3. The maximum atomic E-state index is 12.3. The molecule has 4 aliphatic rings. The molecule has 8 rings (SSSR count). The Bertz CT molecular complexity index is 1910. The fourth-order valence-corrected chi connectivity index (χ4v) is 8.59. The number of benzene rings is 4. The molecule has 0 spiro atoms. The number of fused-ring (bicyclic) bond motifs is 2. The van der Waals surface area contributed by atoms with Crippen LogP contribution >= 0.6 is 22.6 Å². The van der Waals surface area contributed by atoms with E-state index in [-0.39, 0.29) is 18.6 Å². The van der Waals surface area contributed by atoms with Crippen molar-refractivity contribution in [3.8, 4) is 40.2 Å². The molecule has 3 unspecified atom stereocenters. The first-order chi connectivity index (χ1) is 23.6. The smallest absolute Gasteiger partial charge is 0.359 e. The predicted octanol–water partition coefficient (Wildman–Crippen LogP) is 7.36. The van der Waals surface area contributed by atoms with Crippen LogP contribution in [0.1, 0.15) is 45.5 Å². The fraction of sp³-hybridized carbons (Fsp3) is 0.359. The van der Waals surface area contributed by atoms with Gasteiger partial charge in [-0.2, -0.15) is 0 Å². The van der Waals surface area contributed by atoms with Crippen molar-refractivity contribution in [3.05, 3.63) is 97.6 Å². The van der Waals surface area contributed by atoms with Gasteiger partial charge in [-0.25, -0.2) is 4.79 Å². The summed E-state index contributed by atoms with van der Waals surface area (Å²) < 4.78 is 32.4. The zero-order chi connectivity index (χ0) is 34.4. The maximum Gasteiger partial charge on any atom is 0.359 e. The summed E-state index contributed by atoms with van der Waals surface area (Å²) in [7, 11) is 9.23. The molecule has 0 saturated carbocycles. The molecule has 9 nitrogen and oxygen atoms in total. The van der Waals surface area contributed by atoms with Gasteiger partial charge in [0.1, 0.15) is 23.3 Å². The molecule has 0 amide bonds. The zero-order valence-corrected chi connectivity index (χ0v) is 30.7. The van der Waals surface area contributed by atoms with Crippen LogP contribution in [-0.4, -0.2) is 75.5 Å². The van der Waals surface area contributed by atoms with Crippen LogP contribution in [0.2, 0.25) is 0 Å². The monoisotopic (exact) mass is 777 g/mol. The van der Waals surface area contributed by atoms with Crippen LogP contribution in [0.15, 0.2) is 60.7 Å². The van der Waals surface area contributed by atoms with E-state index in [1.807, 2.05) is 18.2 Å². The number of carboxylic acids is 1. The molecule has 4 aromatic rings. The lowest BCUT2D eigenvalue weighted by molar-refractivity contribution is -0.934. The second-order valence-electron chi connectivity index (χ2n) is 13.5. The van der Waals surface area contributed by atoms with Crippen LogP contribution < -0.4 is 23.7 Å². The summed E-state index contributed by atoms with van der Waals surface area (Å²) in [5.74, 6) is 3.97. The normalized spacial score (nSPS) is 21.3. The largest absolute Gasteiger partial charge is 0.495 e. The molecule has 0 aliphatic carbocycles. The Morgan fingerprint density at radius 1 is 0.878 bits per heavy atom. The molecule has 10 heteroatoms. The Kier molecular flexibility index (Phi) is 9.14. The Morgan fingerprint density at radius 2 is 1.57 bits per heavy atom. The van der Waals surface area contributed by atoms with Crippen LogP contribution in [0.4, 0.5) is 0 Å². The van der Waals surface area contributed by atoms with Gasteiger partial charge in [0.15, 0.2) is 29.5 Å². The van der Waals surface area contributed by atoms with Crippen molar-refractivity contribution in [2.45, 2.75) is 37.8 Å². The van der Waals surface area contributed by atoms with Gasteiger partial charge in [-0.05, 0) is 107 Å². The second kappa shape index (κ2) is 13.4. The van der Waals surface area contributed by atoms with Crippen LogP contribution in [0.25, 0.3) is 0 Å². The van der Waals surface area contributed by atoms with Crippen molar-refractivity contribution in [2.75, 3.05) is 55.1 Å². The van der Waals surface area contributed by atoms with Gasteiger partial charge in [0.25, 0.3) is 0 Å². The number of hydrogen-bond acceptors (Lipinski definition) is 7. The SMILES string of the molecule is COc1ccc2cc1Oc1ccc(cc1)CC1c3cc(c(OC)cc3CC[N+]1(C)CC(=O)O)Oc1c(I)c(OC)cc3c1C(C2)N(C)CC3. The van der Waals surface area contributed by atoms with Crippen molar-refractivity contribution in [3.63, 3.8) is 0 Å². The minimum absolute atomic E-state index is 0.00415. The number of aliphatic carboxylic acids is 1. The Labute approximate surface area is 301 Å². The van der Waals surface area contributed by atoms with E-state index in [9.17, 15) is 9.90 Å². The van der Waals surface area contributed by atoms with Crippen molar-refractivity contribution in [1.82, 2.24) is 4.90 Å². The predicted molar refractivity (Wildman–Crippen MR) is 195 cm³/mol. The molecule has 0 fully saturated rings. The number of carbonyl (C=O) groups is 1.